The van der Waals surface area contributed by atoms with E-state index in [2.05, 4.69) is 5.32 Å². The second-order valence-electron chi connectivity index (χ2n) is 4.29. The third kappa shape index (κ3) is 2.71. The Morgan fingerprint density at radius 2 is 2.05 bits per heavy atom. The first kappa shape index (κ1) is 13.9. The standard InChI is InChI=1S/C15H14FNO3/c1-9-6-7-11(16)12(8-9)17-15(19)10-4-3-5-13(20-2)14(10)18/h3-8,18H,1-2H3,(H,17,19). The molecule has 0 heterocycles. The van der Waals surface area contributed by atoms with Gasteiger partial charge in [-0.25, -0.2) is 4.39 Å². The molecule has 0 saturated carbocycles. The van der Waals surface area contributed by atoms with Gasteiger partial charge in [0.25, 0.3) is 5.91 Å². The van der Waals surface area contributed by atoms with Gasteiger partial charge in [-0.1, -0.05) is 12.1 Å². The van der Waals surface area contributed by atoms with Crippen LogP contribution in [0.5, 0.6) is 11.5 Å². The summed E-state index contributed by atoms with van der Waals surface area (Å²) >= 11 is 0. The maximum absolute atomic E-state index is 13.6. The lowest BCUT2D eigenvalue weighted by atomic mass is 10.1. The van der Waals surface area contributed by atoms with Crippen molar-refractivity contribution in [2.24, 2.45) is 0 Å². The molecule has 0 saturated heterocycles. The number of hydrogen-bond donors (Lipinski definition) is 2. The number of para-hydroxylation sites is 1. The lowest BCUT2D eigenvalue weighted by Gasteiger charge is -2.10. The highest BCUT2D eigenvalue weighted by Gasteiger charge is 2.16. The van der Waals surface area contributed by atoms with Crippen LogP contribution in [0, 0.1) is 12.7 Å². The largest absolute Gasteiger partial charge is 0.504 e. The van der Waals surface area contributed by atoms with Gasteiger partial charge in [-0.2, -0.15) is 0 Å². The van der Waals surface area contributed by atoms with E-state index in [0.29, 0.717) is 0 Å². The van der Waals surface area contributed by atoms with Crippen molar-refractivity contribution in [2.75, 3.05) is 12.4 Å². The molecule has 2 aromatic rings. The summed E-state index contributed by atoms with van der Waals surface area (Å²) < 4.78 is 18.5. The Labute approximate surface area is 115 Å². The molecule has 104 valence electrons. The van der Waals surface area contributed by atoms with Crippen LogP contribution in [0.3, 0.4) is 0 Å². The highest BCUT2D eigenvalue weighted by atomic mass is 19.1. The zero-order chi connectivity index (χ0) is 14.7. The Hall–Kier alpha value is -2.56. The van der Waals surface area contributed by atoms with E-state index in [0.717, 1.165) is 5.56 Å². The molecule has 5 heteroatoms. The molecule has 20 heavy (non-hydrogen) atoms. The first-order valence-corrected chi connectivity index (χ1v) is 5.96. The number of benzene rings is 2. The fourth-order valence-corrected chi connectivity index (χ4v) is 1.79. The quantitative estimate of drug-likeness (QED) is 0.905. The molecule has 2 N–H and O–H groups in total. The SMILES string of the molecule is COc1cccc(C(=O)Nc2cc(C)ccc2F)c1O. The summed E-state index contributed by atoms with van der Waals surface area (Å²) in [4.78, 5) is 12.1. The molecular formula is C15H14FNO3. The molecule has 2 rings (SSSR count). The van der Waals surface area contributed by atoms with Crippen molar-refractivity contribution in [3.63, 3.8) is 0 Å². The average molecular weight is 275 g/mol. The van der Waals surface area contributed by atoms with Gasteiger partial charge in [-0.05, 0) is 36.8 Å². The molecule has 2 aromatic carbocycles. The Kier molecular flexibility index (Phi) is 3.89. The molecule has 0 spiro atoms. The monoisotopic (exact) mass is 275 g/mol. The third-order valence-corrected chi connectivity index (χ3v) is 2.83. The molecular weight excluding hydrogens is 261 g/mol. The van der Waals surface area contributed by atoms with E-state index in [9.17, 15) is 14.3 Å². The van der Waals surface area contributed by atoms with Gasteiger partial charge in [-0.15, -0.1) is 0 Å². The molecule has 0 bridgehead atoms. The van der Waals surface area contributed by atoms with Crippen molar-refractivity contribution in [3.8, 4) is 11.5 Å². The van der Waals surface area contributed by atoms with Crippen LogP contribution >= 0.6 is 0 Å². The van der Waals surface area contributed by atoms with Crippen LogP contribution in [-0.4, -0.2) is 18.1 Å². The molecule has 0 unspecified atom stereocenters. The van der Waals surface area contributed by atoms with Crippen LogP contribution in [0.15, 0.2) is 36.4 Å². The number of carbonyl (C=O) groups is 1. The number of phenolic OH excluding ortho intramolecular Hbond substituents is 1. The van der Waals surface area contributed by atoms with Gasteiger partial charge in [-0.3, -0.25) is 4.79 Å². The normalized spacial score (nSPS) is 10.2. The van der Waals surface area contributed by atoms with Gasteiger partial charge >= 0.3 is 0 Å². The number of rotatable bonds is 3. The molecule has 0 aliphatic heterocycles. The van der Waals surface area contributed by atoms with E-state index < -0.39 is 11.7 Å². The number of amides is 1. The van der Waals surface area contributed by atoms with Crippen LogP contribution in [0.4, 0.5) is 10.1 Å². The highest BCUT2D eigenvalue weighted by Crippen LogP contribution is 2.30. The van der Waals surface area contributed by atoms with Gasteiger partial charge in [0.05, 0.1) is 18.4 Å². The fourth-order valence-electron chi connectivity index (χ4n) is 1.79. The highest BCUT2D eigenvalue weighted by molar-refractivity contribution is 6.06. The van der Waals surface area contributed by atoms with Crippen molar-refractivity contribution in [2.45, 2.75) is 6.92 Å². The van der Waals surface area contributed by atoms with Crippen LogP contribution in [-0.2, 0) is 0 Å². The smallest absolute Gasteiger partial charge is 0.259 e. The van der Waals surface area contributed by atoms with E-state index in [-0.39, 0.29) is 22.7 Å². The predicted octanol–water partition coefficient (Wildman–Crippen LogP) is 3.10. The number of aryl methyl sites for hydroxylation is 1. The van der Waals surface area contributed by atoms with Gasteiger partial charge in [0.2, 0.25) is 0 Å². The molecule has 0 atom stereocenters. The van der Waals surface area contributed by atoms with Crippen LogP contribution in [0.25, 0.3) is 0 Å². The van der Waals surface area contributed by atoms with Gasteiger partial charge in [0, 0.05) is 0 Å². The number of nitrogens with one attached hydrogen (secondary N) is 1. The number of methoxy groups -OCH3 is 1. The number of anilines is 1. The first-order valence-electron chi connectivity index (χ1n) is 5.96. The summed E-state index contributed by atoms with van der Waals surface area (Å²) in [6.45, 7) is 1.79. The number of aromatic hydroxyl groups is 1. The summed E-state index contributed by atoms with van der Waals surface area (Å²) in [6.07, 6.45) is 0. The van der Waals surface area contributed by atoms with Crippen LogP contribution in [0.1, 0.15) is 15.9 Å². The van der Waals surface area contributed by atoms with Gasteiger partial charge in [0.15, 0.2) is 11.5 Å². The average Bonchev–Trinajstić information content (AvgIpc) is 2.43. The fraction of sp³-hybridized carbons (Fsp3) is 0.133. The van der Waals surface area contributed by atoms with Crippen molar-refractivity contribution in [3.05, 3.63) is 53.3 Å². The lowest BCUT2D eigenvalue weighted by Crippen LogP contribution is -2.13. The number of hydrogen-bond acceptors (Lipinski definition) is 3. The minimum Gasteiger partial charge on any atom is -0.504 e. The minimum absolute atomic E-state index is 0.0188. The Morgan fingerprint density at radius 1 is 1.30 bits per heavy atom. The molecule has 0 fully saturated rings. The maximum Gasteiger partial charge on any atom is 0.259 e. The zero-order valence-corrected chi connectivity index (χ0v) is 11.1. The van der Waals surface area contributed by atoms with Crippen molar-refractivity contribution in [1.29, 1.82) is 0 Å². The van der Waals surface area contributed by atoms with Crippen molar-refractivity contribution < 1.29 is 19.0 Å². The van der Waals surface area contributed by atoms with Crippen molar-refractivity contribution >= 4 is 11.6 Å². The van der Waals surface area contributed by atoms with Gasteiger partial charge < -0.3 is 15.2 Å². The third-order valence-electron chi connectivity index (χ3n) is 2.83. The maximum atomic E-state index is 13.6. The second-order valence-corrected chi connectivity index (χ2v) is 4.29. The van der Waals surface area contributed by atoms with Gasteiger partial charge in [0.1, 0.15) is 5.82 Å². The van der Waals surface area contributed by atoms with Crippen LogP contribution in [0.2, 0.25) is 0 Å². The molecule has 4 nitrogen and oxygen atoms in total. The van der Waals surface area contributed by atoms with E-state index in [1.54, 1.807) is 19.1 Å². The zero-order valence-electron chi connectivity index (χ0n) is 11.1. The number of carbonyl (C=O) groups excluding carboxylic acids is 1. The van der Waals surface area contributed by atoms with E-state index in [4.69, 9.17) is 4.74 Å². The van der Waals surface area contributed by atoms with E-state index >= 15 is 0 Å². The van der Waals surface area contributed by atoms with Crippen LogP contribution < -0.4 is 10.1 Å². The Bertz CT molecular complexity index is 656. The second kappa shape index (κ2) is 5.61. The van der Waals surface area contributed by atoms with E-state index in [1.165, 1.54) is 31.4 Å². The summed E-state index contributed by atoms with van der Waals surface area (Å²) in [6, 6.07) is 8.93. The number of ether oxygens (including phenoxy) is 1. The topological polar surface area (TPSA) is 58.6 Å². The Balaban J connectivity index is 2.31. The molecule has 1 amide bonds. The minimum atomic E-state index is -0.606. The first-order chi connectivity index (χ1) is 9.52. The summed E-state index contributed by atoms with van der Waals surface area (Å²) in [7, 11) is 1.39. The van der Waals surface area contributed by atoms with E-state index in [1.807, 2.05) is 0 Å². The summed E-state index contributed by atoms with van der Waals surface area (Å²) in [5.74, 6) is -1.24. The summed E-state index contributed by atoms with van der Waals surface area (Å²) in [5, 5.41) is 12.3. The number of halogens is 1. The summed E-state index contributed by atoms with van der Waals surface area (Å²) in [5.41, 5.74) is 0.902. The predicted molar refractivity (Wildman–Crippen MR) is 73.7 cm³/mol. The number of phenols is 1. The molecule has 0 aromatic heterocycles. The molecule has 0 aliphatic carbocycles. The molecule has 0 radical (unpaired) electrons. The van der Waals surface area contributed by atoms with Crippen molar-refractivity contribution in [1.82, 2.24) is 0 Å². The lowest BCUT2D eigenvalue weighted by molar-refractivity contribution is 0.102. The Morgan fingerprint density at radius 3 is 2.75 bits per heavy atom. The molecule has 0 aliphatic rings.